The summed E-state index contributed by atoms with van der Waals surface area (Å²) in [6.45, 7) is 1.84. The fourth-order valence-electron chi connectivity index (χ4n) is 0.214. The number of rotatable bonds is 2. The van der Waals surface area contributed by atoms with Crippen molar-refractivity contribution < 1.29 is 14.3 Å². The molecule has 2 nitrogen and oxygen atoms in total. The molecule has 0 heterocycles. The van der Waals surface area contributed by atoms with Crippen LogP contribution in [0.2, 0.25) is 0 Å². The van der Waals surface area contributed by atoms with Gasteiger partial charge in [-0.1, -0.05) is 6.92 Å². The monoisotopic (exact) mass is 122 g/mol. The van der Waals surface area contributed by atoms with Gasteiger partial charge in [0.25, 0.3) is 0 Å². The van der Waals surface area contributed by atoms with E-state index in [1.54, 1.807) is 0 Å². The average Bonchev–Trinajstić information content (AvgIpc) is 1.72. The Morgan fingerprint density at radius 3 is 2.00 bits per heavy atom. The maximum Gasteiger partial charge on any atom is 0.303 e. The second-order valence-electron chi connectivity index (χ2n) is 1.14. The largest absolute Gasteiger partial charge is 0.481 e. The molecule has 8 heavy (non-hydrogen) atoms. The zero-order valence-electron chi connectivity index (χ0n) is 5.15. The Morgan fingerprint density at radius 1 is 1.62 bits per heavy atom. The fourth-order valence-corrected chi connectivity index (χ4v) is 0.214. The Kier molecular flexibility index (Phi) is 12.5. The van der Waals surface area contributed by atoms with Gasteiger partial charge < -0.3 is 5.11 Å². The van der Waals surface area contributed by atoms with Crippen LogP contribution in [0.25, 0.3) is 0 Å². The molecule has 0 fully saturated rings. The van der Waals surface area contributed by atoms with Crippen molar-refractivity contribution in [2.45, 2.75) is 19.8 Å². The molecule has 1 N–H and O–H groups in total. The smallest absolute Gasteiger partial charge is 0.303 e. The summed E-state index contributed by atoms with van der Waals surface area (Å²) in [4.78, 5) is 9.60. The molecule has 0 saturated heterocycles. The van der Waals surface area contributed by atoms with E-state index in [1.165, 1.54) is 0 Å². The van der Waals surface area contributed by atoms with Gasteiger partial charge in [0.05, 0.1) is 7.18 Å². The lowest BCUT2D eigenvalue weighted by Crippen LogP contribution is -1.90. The lowest BCUT2D eigenvalue weighted by atomic mass is 10.4. The van der Waals surface area contributed by atoms with Crippen LogP contribution in [0.15, 0.2) is 0 Å². The summed E-state index contributed by atoms with van der Waals surface area (Å²) in [5.74, 6) is -0.711. The van der Waals surface area contributed by atoms with Crippen LogP contribution in [0.5, 0.6) is 0 Å². The van der Waals surface area contributed by atoms with Gasteiger partial charge in [-0.25, -0.2) is 0 Å². The number of aliphatic carboxylic acids is 1. The molecule has 0 saturated carbocycles. The van der Waals surface area contributed by atoms with Crippen LogP contribution in [0.3, 0.4) is 0 Å². The molecule has 0 atom stereocenters. The van der Waals surface area contributed by atoms with Gasteiger partial charge in [0, 0.05) is 6.42 Å². The number of halogens is 1. The summed E-state index contributed by atoms with van der Waals surface area (Å²) in [5, 5.41) is 7.91. The lowest BCUT2D eigenvalue weighted by molar-refractivity contribution is -0.137. The second-order valence-corrected chi connectivity index (χ2v) is 1.14. The molecule has 0 spiro atoms. The normalized spacial score (nSPS) is 6.88. The molecule has 0 amide bonds. The van der Waals surface area contributed by atoms with E-state index >= 15 is 0 Å². The molecule has 0 aromatic heterocycles. The summed E-state index contributed by atoms with van der Waals surface area (Å²) < 4.78 is 9.50. The van der Waals surface area contributed by atoms with Gasteiger partial charge in [0.1, 0.15) is 0 Å². The molecule has 0 aromatic carbocycles. The van der Waals surface area contributed by atoms with Crippen LogP contribution < -0.4 is 0 Å². The van der Waals surface area contributed by atoms with Crippen LogP contribution in [-0.4, -0.2) is 18.3 Å². The van der Waals surface area contributed by atoms with E-state index in [-0.39, 0.29) is 0 Å². The molecule has 0 aromatic rings. The SMILES string of the molecule is CCCC(=O)O.CF. The zero-order valence-corrected chi connectivity index (χ0v) is 5.15. The predicted molar refractivity (Wildman–Crippen MR) is 29.6 cm³/mol. The highest BCUT2D eigenvalue weighted by molar-refractivity contribution is 5.66. The second kappa shape index (κ2) is 9.64. The standard InChI is InChI=1S/C4H8O2.CH3F/c1-2-3-4(5)6;1-2/h2-3H2,1H3,(H,5,6);1H3. The highest BCUT2D eigenvalue weighted by Crippen LogP contribution is 1.82. The molecule has 0 bridgehead atoms. The summed E-state index contributed by atoms with van der Waals surface area (Å²) in [6, 6.07) is 0. The predicted octanol–water partition coefficient (Wildman–Crippen LogP) is 1.46. The maximum absolute atomic E-state index is 9.60. The van der Waals surface area contributed by atoms with Crippen molar-refractivity contribution in [3.8, 4) is 0 Å². The van der Waals surface area contributed by atoms with Gasteiger partial charge in [0.2, 0.25) is 0 Å². The number of carboxylic acids is 1. The molecule has 0 radical (unpaired) electrons. The summed E-state index contributed by atoms with van der Waals surface area (Å²) in [5.41, 5.74) is 0. The average molecular weight is 122 g/mol. The summed E-state index contributed by atoms with van der Waals surface area (Å²) in [7, 11) is 0.500. The van der Waals surface area contributed by atoms with Crippen molar-refractivity contribution >= 4 is 5.97 Å². The first-order valence-electron chi connectivity index (χ1n) is 2.37. The van der Waals surface area contributed by atoms with Crippen LogP contribution in [0, 0.1) is 0 Å². The highest BCUT2D eigenvalue weighted by atomic mass is 19.1. The van der Waals surface area contributed by atoms with Crippen molar-refractivity contribution in [2.75, 3.05) is 7.18 Å². The van der Waals surface area contributed by atoms with Crippen molar-refractivity contribution in [1.29, 1.82) is 0 Å². The minimum atomic E-state index is -0.711. The van der Waals surface area contributed by atoms with Crippen LogP contribution in [0.4, 0.5) is 4.39 Å². The van der Waals surface area contributed by atoms with Gasteiger partial charge in [-0.3, -0.25) is 9.18 Å². The fraction of sp³-hybridized carbons (Fsp3) is 0.800. The molecule has 3 heteroatoms. The van der Waals surface area contributed by atoms with Crippen LogP contribution in [-0.2, 0) is 4.79 Å². The molecular weight excluding hydrogens is 111 g/mol. The Labute approximate surface area is 48.3 Å². The molecule has 0 unspecified atom stereocenters. The quantitative estimate of drug-likeness (QED) is 0.602. The van der Waals surface area contributed by atoms with Crippen LogP contribution >= 0.6 is 0 Å². The zero-order chi connectivity index (χ0) is 6.99. The Bertz CT molecular complexity index is 54.4. The number of carbonyl (C=O) groups is 1. The Balaban J connectivity index is 0. The summed E-state index contributed by atoms with van der Waals surface area (Å²) >= 11 is 0. The first kappa shape index (κ1) is 10.4. The number of carboxylic acid groups (broad SMARTS) is 1. The van der Waals surface area contributed by atoms with Crippen LogP contribution in [0.1, 0.15) is 19.8 Å². The molecule has 0 aliphatic heterocycles. The molecule has 0 aliphatic rings. The minimum absolute atomic E-state index is 0.292. The maximum atomic E-state index is 9.60. The van der Waals surface area contributed by atoms with Gasteiger partial charge in [-0.05, 0) is 6.42 Å². The molecule has 0 rings (SSSR count). The molecule has 0 aliphatic carbocycles. The van der Waals surface area contributed by atoms with Crippen molar-refractivity contribution in [2.24, 2.45) is 0 Å². The third-order valence-corrected chi connectivity index (χ3v) is 0.464. The topological polar surface area (TPSA) is 37.3 Å². The van der Waals surface area contributed by atoms with Gasteiger partial charge >= 0.3 is 5.97 Å². The number of hydrogen-bond donors (Lipinski definition) is 1. The first-order chi connectivity index (χ1) is 3.77. The number of hydrogen-bond acceptors (Lipinski definition) is 1. The van der Waals surface area contributed by atoms with E-state index in [9.17, 15) is 9.18 Å². The van der Waals surface area contributed by atoms with E-state index in [1.807, 2.05) is 6.92 Å². The van der Waals surface area contributed by atoms with E-state index in [2.05, 4.69) is 0 Å². The van der Waals surface area contributed by atoms with Gasteiger partial charge in [-0.15, -0.1) is 0 Å². The van der Waals surface area contributed by atoms with E-state index < -0.39 is 5.97 Å². The first-order valence-corrected chi connectivity index (χ1v) is 2.37. The van der Waals surface area contributed by atoms with Gasteiger partial charge in [-0.2, -0.15) is 0 Å². The van der Waals surface area contributed by atoms with E-state index in [0.717, 1.165) is 6.42 Å². The molecule has 50 valence electrons. The third-order valence-electron chi connectivity index (χ3n) is 0.464. The van der Waals surface area contributed by atoms with Crippen molar-refractivity contribution in [3.63, 3.8) is 0 Å². The highest BCUT2D eigenvalue weighted by Gasteiger charge is 1.87. The molecular formula is C5H11FO2. The van der Waals surface area contributed by atoms with Gasteiger partial charge in [0.15, 0.2) is 0 Å². The lowest BCUT2D eigenvalue weighted by Gasteiger charge is -1.79. The minimum Gasteiger partial charge on any atom is -0.481 e. The van der Waals surface area contributed by atoms with E-state index in [4.69, 9.17) is 5.11 Å². The number of alkyl halides is 1. The Hall–Kier alpha value is -0.600. The van der Waals surface area contributed by atoms with E-state index in [0.29, 0.717) is 13.6 Å². The third kappa shape index (κ3) is 18.2. The summed E-state index contributed by atoms with van der Waals surface area (Å²) in [6.07, 6.45) is 1.02. The van der Waals surface area contributed by atoms with Crippen molar-refractivity contribution in [3.05, 3.63) is 0 Å². The van der Waals surface area contributed by atoms with Crippen molar-refractivity contribution in [1.82, 2.24) is 0 Å². The Morgan fingerprint density at radius 2 is 2.00 bits per heavy atom.